The van der Waals surface area contributed by atoms with Crippen LogP contribution in [0.1, 0.15) is 12.8 Å². The quantitative estimate of drug-likeness (QED) is 0.182. The van der Waals surface area contributed by atoms with Crippen molar-refractivity contribution in [2.45, 2.75) is 12.8 Å². The molecule has 0 unspecified atom stereocenters. The van der Waals surface area contributed by atoms with Gasteiger partial charge in [0.05, 0.1) is 12.8 Å². The van der Waals surface area contributed by atoms with Crippen molar-refractivity contribution < 1.29 is 59.4 Å². The van der Waals surface area contributed by atoms with Gasteiger partial charge in [-0.05, 0) is 0 Å². The summed E-state index contributed by atoms with van der Waals surface area (Å²) in [6.45, 7) is 0. The highest BCUT2D eigenvalue weighted by Crippen LogP contribution is 1.92. The number of carboxylic acids is 1. The van der Waals surface area contributed by atoms with Crippen LogP contribution in [0.4, 0.5) is 0 Å². The Morgan fingerprint density at radius 3 is 1.38 bits per heavy atom. The standard InChI is InChI=1S/C4H6O5.2H3N.H2O8S2/c5-3(6)1-2-4(7)9-8;;;1-9(2,3)7-8-10(4,5)6/h8H,1-2H2,(H,5,6);2*1H3;(H,1,2,3)(H,4,5,6). The highest BCUT2D eigenvalue weighted by atomic mass is 32.3. The predicted molar refractivity (Wildman–Crippen MR) is 60.9 cm³/mol. The van der Waals surface area contributed by atoms with Crippen LogP contribution in [0, 0.1) is 0 Å². The minimum absolute atomic E-state index is 0. The molecular weight excluding hydrogens is 348 g/mol. The molecule has 0 aliphatic rings. The molecule has 0 spiro atoms. The van der Waals surface area contributed by atoms with Crippen molar-refractivity contribution in [1.29, 1.82) is 0 Å². The molecule has 0 amide bonds. The van der Waals surface area contributed by atoms with Crippen LogP contribution in [0.3, 0.4) is 0 Å². The molecule has 17 heteroatoms. The molecule has 10 N–H and O–H groups in total. The van der Waals surface area contributed by atoms with Crippen molar-refractivity contribution in [1.82, 2.24) is 12.3 Å². The smallest absolute Gasteiger partial charge is 0.425 e. The molecule has 0 bridgehead atoms. The van der Waals surface area contributed by atoms with Gasteiger partial charge in [-0.3, -0.25) is 13.9 Å². The van der Waals surface area contributed by atoms with Crippen molar-refractivity contribution >= 4 is 32.7 Å². The van der Waals surface area contributed by atoms with Gasteiger partial charge in [-0.25, -0.2) is 4.79 Å². The Balaban J connectivity index is -0.000000126. The Hall–Kier alpha value is -1.44. The van der Waals surface area contributed by atoms with Crippen LogP contribution in [0.25, 0.3) is 0 Å². The lowest BCUT2D eigenvalue weighted by molar-refractivity contribution is -0.234. The highest BCUT2D eigenvalue weighted by molar-refractivity contribution is 7.83. The summed E-state index contributed by atoms with van der Waals surface area (Å²) in [6, 6.07) is 0. The molecule has 0 rings (SSSR count). The van der Waals surface area contributed by atoms with Gasteiger partial charge in [0.15, 0.2) is 0 Å². The second kappa shape index (κ2) is 12.3. The number of hydrogen-bond donors (Lipinski definition) is 6. The van der Waals surface area contributed by atoms with E-state index in [1.54, 1.807) is 0 Å². The third-order valence-corrected chi connectivity index (χ3v) is 1.41. The molecular formula is C4H14N2O13S2. The Morgan fingerprint density at radius 2 is 1.19 bits per heavy atom. The second-order valence-corrected chi connectivity index (χ2v) is 4.33. The number of rotatable bonds is 6. The molecule has 0 aromatic carbocycles. The first-order valence-electron chi connectivity index (χ1n) is 3.76. The van der Waals surface area contributed by atoms with Crippen LogP contribution < -0.4 is 12.3 Å². The van der Waals surface area contributed by atoms with Gasteiger partial charge in [0.2, 0.25) is 0 Å². The molecule has 0 aliphatic heterocycles. The predicted octanol–water partition coefficient (Wildman–Crippen LogP) is -1.27. The van der Waals surface area contributed by atoms with E-state index < -0.39 is 32.7 Å². The maximum atomic E-state index is 9.98. The molecule has 0 heterocycles. The van der Waals surface area contributed by atoms with Gasteiger partial charge in [-0.15, -0.1) is 0 Å². The Morgan fingerprint density at radius 1 is 0.857 bits per heavy atom. The molecule has 21 heavy (non-hydrogen) atoms. The highest BCUT2D eigenvalue weighted by Gasteiger charge is 2.13. The molecule has 0 atom stereocenters. The summed E-state index contributed by atoms with van der Waals surface area (Å²) < 4.78 is 58.9. The van der Waals surface area contributed by atoms with E-state index >= 15 is 0 Å². The Kier molecular flexibility index (Phi) is 16.3. The van der Waals surface area contributed by atoms with Crippen molar-refractivity contribution in [2.24, 2.45) is 0 Å². The summed E-state index contributed by atoms with van der Waals surface area (Å²) in [7, 11) is -10.0. The van der Waals surface area contributed by atoms with Crippen molar-refractivity contribution in [2.75, 3.05) is 0 Å². The maximum absolute atomic E-state index is 9.98. The van der Waals surface area contributed by atoms with E-state index in [2.05, 4.69) is 13.6 Å². The number of hydrogen-bond acceptors (Lipinski definition) is 12. The minimum Gasteiger partial charge on any atom is -0.481 e. The molecule has 0 fully saturated rings. The maximum Gasteiger partial charge on any atom is 0.425 e. The van der Waals surface area contributed by atoms with Gasteiger partial charge in [-0.2, -0.15) is 22.1 Å². The first kappa shape index (κ1) is 27.8. The minimum atomic E-state index is -5.02. The van der Waals surface area contributed by atoms with Crippen LogP contribution in [0.15, 0.2) is 0 Å². The van der Waals surface area contributed by atoms with Crippen LogP contribution in [0.2, 0.25) is 0 Å². The summed E-state index contributed by atoms with van der Waals surface area (Å²) in [4.78, 5) is 22.9. The molecule has 0 saturated carbocycles. The van der Waals surface area contributed by atoms with Gasteiger partial charge < -0.3 is 22.3 Å². The average molecular weight is 362 g/mol. The zero-order chi connectivity index (χ0) is 15.7. The normalized spacial score (nSPS) is 10.0. The molecule has 0 aliphatic carbocycles. The van der Waals surface area contributed by atoms with Crippen LogP contribution in [-0.4, -0.2) is 48.2 Å². The third-order valence-electron chi connectivity index (χ3n) is 0.845. The van der Waals surface area contributed by atoms with E-state index in [1.165, 1.54) is 0 Å². The first-order valence-corrected chi connectivity index (χ1v) is 6.49. The van der Waals surface area contributed by atoms with Crippen molar-refractivity contribution in [3.05, 3.63) is 0 Å². The monoisotopic (exact) mass is 362 g/mol. The summed E-state index contributed by atoms with van der Waals surface area (Å²) in [6.07, 6.45) is -0.620. The van der Waals surface area contributed by atoms with Gasteiger partial charge in [0.25, 0.3) is 0 Å². The summed E-state index contributed by atoms with van der Waals surface area (Å²) in [5.41, 5.74) is 0. The zero-order valence-corrected chi connectivity index (χ0v) is 11.7. The second-order valence-electron chi connectivity index (χ2n) is 2.35. The van der Waals surface area contributed by atoms with Gasteiger partial charge in [-0.1, -0.05) is 8.67 Å². The van der Waals surface area contributed by atoms with E-state index in [0.29, 0.717) is 0 Å². The van der Waals surface area contributed by atoms with E-state index in [0.717, 1.165) is 0 Å². The third kappa shape index (κ3) is 32.3. The Bertz CT molecular complexity index is 462. The lowest BCUT2D eigenvalue weighted by atomic mass is 10.3. The van der Waals surface area contributed by atoms with Crippen LogP contribution >= 0.6 is 0 Å². The SMILES string of the molecule is N.N.O=C(O)CCC(=O)OO.O=S(=O)(O)OOS(=O)(=O)O. The Labute approximate surface area is 118 Å². The fourth-order valence-electron chi connectivity index (χ4n) is 0.325. The molecule has 0 aromatic rings. The lowest BCUT2D eigenvalue weighted by Gasteiger charge is -1.92. The number of carboxylic acid groups (broad SMARTS) is 1. The summed E-state index contributed by atoms with van der Waals surface area (Å²) in [5, 5.41) is 15.6. The van der Waals surface area contributed by atoms with Crippen molar-refractivity contribution in [3.8, 4) is 0 Å². The van der Waals surface area contributed by atoms with Gasteiger partial charge in [0.1, 0.15) is 0 Å². The van der Waals surface area contributed by atoms with Crippen LogP contribution in [0.5, 0.6) is 0 Å². The van der Waals surface area contributed by atoms with E-state index in [9.17, 15) is 26.4 Å². The first-order chi connectivity index (χ1) is 8.37. The molecule has 0 aromatic heterocycles. The van der Waals surface area contributed by atoms with E-state index in [1.807, 2.05) is 0 Å². The average Bonchev–Trinajstić information content (AvgIpc) is 2.22. The van der Waals surface area contributed by atoms with E-state index in [4.69, 9.17) is 19.5 Å². The van der Waals surface area contributed by atoms with E-state index in [-0.39, 0.29) is 25.1 Å². The fourth-order valence-corrected chi connectivity index (χ4v) is 0.886. The zero-order valence-electron chi connectivity index (χ0n) is 10.1. The topological polar surface area (TPSA) is 281 Å². The van der Waals surface area contributed by atoms with Crippen molar-refractivity contribution in [3.63, 3.8) is 0 Å². The van der Waals surface area contributed by atoms with Crippen LogP contribution in [-0.2, 0) is 43.9 Å². The van der Waals surface area contributed by atoms with Gasteiger partial charge >= 0.3 is 32.7 Å². The molecule has 0 saturated heterocycles. The molecule has 130 valence electrons. The number of carbonyl (C=O) groups is 2. The van der Waals surface area contributed by atoms with Gasteiger partial charge in [0, 0.05) is 0 Å². The molecule has 15 nitrogen and oxygen atoms in total. The molecule has 0 radical (unpaired) electrons. The fraction of sp³-hybridized carbons (Fsp3) is 0.500. The number of carbonyl (C=O) groups excluding carboxylic acids is 1. The number of aliphatic carboxylic acids is 1. The summed E-state index contributed by atoms with van der Waals surface area (Å²) in [5.74, 6) is -2.03. The summed E-state index contributed by atoms with van der Waals surface area (Å²) >= 11 is 0. The lowest BCUT2D eigenvalue weighted by Crippen LogP contribution is -2.10. The largest absolute Gasteiger partial charge is 0.481 e.